The minimum atomic E-state index is -0.0544. The number of aromatic nitrogens is 2. The molecule has 7 heteroatoms. The van der Waals surface area contributed by atoms with Crippen molar-refractivity contribution in [3.63, 3.8) is 0 Å². The lowest BCUT2D eigenvalue weighted by molar-refractivity contribution is 0.174. The highest BCUT2D eigenvalue weighted by Crippen LogP contribution is 2.33. The molecule has 0 radical (unpaired) electrons. The van der Waals surface area contributed by atoms with E-state index in [1.54, 1.807) is 18.7 Å². The molecular weight excluding hydrogens is 272 g/mol. The lowest BCUT2D eigenvalue weighted by Gasteiger charge is -2.09. The van der Waals surface area contributed by atoms with E-state index in [9.17, 15) is 0 Å². The maximum absolute atomic E-state index is 7.62. The SMILES string of the molecule is Cc1nn(C)c(OCc2ccc3c(c2)OCO3)c1C(=N)N. The lowest BCUT2D eigenvalue weighted by Crippen LogP contribution is -2.14. The third-order valence-corrected chi connectivity index (χ3v) is 3.25. The maximum atomic E-state index is 7.62. The Hall–Kier alpha value is -2.70. The van der Waals surface area contributed by atoms with E-state index in [0.29, 0.717) is 29.5 Å². The number of hydrogen-bond donors (Lipinski definition) is 2. The molecule has 1 aromatic heterocycles. The molecule has 3 rings (SSSR count). The van der Waals surface area contributed by atoms with Gasteiger partial charge in [-0.15, -0.1) is 0 Å². The number of hydrogen-bond acceptors (Lipinski definition) is 5. The number of nitrogen functional groups attached to an aromatic ring is 1. The summed E-state index contributed by atoms with van der Waals surface area (Å²) in [6, 6.07) is 5.63. The number of nitrogens with zero attached hydrogens (tertiary/aromatic N) is 2. The van der Waals surface area contributed by atoms with E-state index >= 15 is 0 Å². The first-order chi connectivity index (χ1) is 10.1. The Morgan fingerprint density at radius 2 is 2.19 bits per heavy atom. The fourth-order valence-corrected chi connectivity index (χ4v) is 2.30. The van der Waals surface area contributed by atoms with Crippen LogP contribution in [0.25, 0.3) is 0 Å². The van der Waals surface area contributed by atoms with Gasteiger partial charge >= 0.3 is 0 Å². The zero-order valence-corrected chi connectivity index (χ0v) is 11.8. The average Bonchev–Trinajstić information content (AvgIpc) is 2.99. The smallest absolute Gasteiger partial charge is 0.231 e. The second-order valence-corrected chi connectivity index (χ2v) is 4.78. The molecule has 110 valence electrons. The van der Waals surface area contributed by atoms with E-state index in [0.717, 1.165) is 11.3 Å². The van der Waals surface area contributed by atoms with Crippen molar-refractivity contribution in [1.29, 1.82) is 5.41 Å². The van der Waals surface area contributed by atoms with E-state index in [2.05, 4.69) is 5.10 Å². The Morgan fingerprint density at radius 1 is 1.43 bits per heavy atom. The highest BCUT2D eigenvalue weighted by molar-refractivity contribution is 5.98. The van der Waals surface area contributed by atoms with Crippen LogP contribution in [0.1, 0.15) is 16.8 Å². The van der Waals surface area contributed by atoms with Gasteiger partial charge in [0.25, 0.3) is 0 Å². The molecule has 3 N–H and O–H groups in total. The molecule has 0 unspecified atom stereocenters. The van der Waals surface area contributed by atoms with Crippen LogP contribution in [0.5, 0.6) is 17.4 Å². The molecule has 0 saturated heterocycles. The fraction of sp³-hybridized carbons (Fsp3) is 0.286. The first kappa shape index (κ1) is 13.3. The average molecular weight is 288 g/mol. The van der Waals surface area contributed by atoms with Gasteiger partial charge in [-0.1, -0.05) is 6.07 Å². The van der Waals surface area contributed by atoms with Crippen molar-refractivity contribution in [3.05, 3.63) is 35.0 Å². The number of nitrogens with one attached hydrogen (secondary N) is 1. The van der Waals surface area contributed by atoms with Crippen LogP contribution < -0.4 is 19.9 Å². The van der Waals surface area contributed by atoms with E-state index in [4.69, 9.17) is 25.4 Å². The Bertz CT molecular complexity index is 708. The maximum Gasteiger partial charge on any atom is 0.231 e. The molecule has 0 spiro atoms. The number of fused-ring (bicyclic) bond motifs is 1. The largest absolute Gasteiger partial charge is 0.472 e. The number of aryl methyl sites for hydroxylation is 2. The van der Waals surface area contributed by atoms with Gasteiger partial charge < -0.3 is 19.9 Å². The Kier molecular flexibility index (Phi) is 3.17. The molecule has 0 saturated carbocycles. The lowest BCUT2D eigenvalue weighted by atomic mass is 10.2. The molecule has 1 aliphatic heterocycles. The van der Waals surface area contributed by atoms with E-state index in [1.807, 2.05) is 18.2 Å². The normalized spacial score (nSPS) is 12.5. The summed E-state index contributed by atoms with van der Waals surface area (Å²) in [5.41, 5.74) is 7.72. The van der Waals surface area contributed by atoms with Gasteiger partial charge in [-0.25, -0.2) is 4.68 Å². The van der Waals surface area contributed by atoms with Crippen LogP contribution in [-0.2, 0) is 13.7 Å². The first-order valence-corrected chi connectivity index (χ1v) is 6.45. The highest BCUT2D eigenvalue weighted by Gasteiger charge is 2.18. The van der Waals surface area contributed by atoms with Crippen LogP contribution in [0, 0.1) is 12.3 Å². The first-order valence-electron chi connectivity index (χ1n) is 6.45. The number of rotatable bonds is 4. The molecule has 0 amide bonds. The van der Waals surface area contributed by atoms with Crippen LogP contribution in [0.2, 0.25) is 0 Å². The topological polar surface area (TPSA) is 95.4 Å². The van der Waals surface area contributed by atoms with Crippen LogP contribution in [0.15, 0.2) is 18.2 Å². The second kappa shape index (κ2) is 5.01. The summed E-state index contributed by atoms with van der Waals surface area (Å²) in [7, 11) is 1.76. The number of ether oxygens (including phenoxy) is 3. The summed E-state index contributed by atoms with van der Waals surface area (Å²) >= 11 is 0. The van der Waals surface area contributed by atoms with E-state index in [1.165, 1.54) is 0 Å². The number of amidine groups is 1. The summed E-state index contributed by atoms with van der Waals surface area (Å²) in [6.07, 6.45) is 0. The number of nitrogens with two attached hydrogens (primary N) is 1. The molecule has 2 aromatic rings. The predicted octanol–water partition coefficient (Wildman–Crippen LogP) is 1.32. The zero-order valence-electron chi connectivity index (χ0n) is 11.8. The van der Waals surface area contributed by atoms with Crippen LogP contribution in [0.3, 0.4) is 0 Å². The van der Waals surface area contributed by atoms with Gasteiger partial charge in [0.05, 0.1) is 5.69 Å². The minimum absolute atomic E-state index is 0.0544. The van der Waals surface area contributed by atoms with Gasteiger partial charge in [0.1, 0.15) is 18.0 Å². The molecule has 1 aromatic carbocycles. The molecule has 0 fully saturated rings. The van der Waals surface area contributed by atoms with Gasteiger partial charge in [0, 0.05) is 7.05 Å². The quantitative estimate of drug-likeness (QED) is 0.653. The fourth-order valence-electron chi connectivity index (χ4n) is 2.30. The molecule has 21 heavy (non-hydrogen) atoms. The van der Waals surface area contributed by atoms with Gasteiger partial charge in [-0.05, 0) is 24.6 Å². The Labute approximate surface area is 121 Å². The monoisotopic (exact) mass is 288 g/mol. The van der Waals surface area contributed by atoms with Crippen LogP contribution >= 0.6 is 0 Å². The molecule has 0 aliphatic carbocycles. The van der Waals surface area contributed by atoms with Gasteiger partial charge in [0.15, 0.2) is 11.5 Å². The van der Waals surface area contributed by atoms with Crippen molar-refractivity contribution in [3.8, 4) is 17.4 Å². The predicted molar refractivity (Wildman–Crippen MR) is 75.9 cm³/mol. The van der Waals surface area contributed by atoms with Crippen LogP contribution in [-0.4, -0.2) is 22.4 Å². The highest BCUT2D eigenvalue weighted by atomic mass is 16.7. The van der Waals surface area contributed by atoms with Crippen LogP contribution in [0.4, 0.5) is 0 Å². The third-order valence-electron chi connectivity index (χ3n) is 3.25. The number of benzene rings is 1. The van der Waals surface area contributed by atoms with E-state index in [-0.39, 0.29) is 12.6 Å². The third kappa shape index (κ3) is 2.37. The van der Waals surface area contributed by atoms with E-state index < -0.39 is 0 Å². The van der Waals surface area contributed by atoms with Crippen molar-refractivity contribution in [1.82, 2.24) is 9.78 Å². The van der Waals surface area contributed by atoms with Gasteiger partial charge in [-0.3, -0.25) is 5.41 Å². The summed E-state index contributed by atoms with van der Waals surface area (Å²) in [4.78, 5) is 0. The summed E-state index contributed by atoms with van der Waals surface area (Å²) in [6.45, 7) is 2.37. The molecule has 7 nitrogen and oxygen atoms in total. The summed E-state index contributed by atoms with van der Waals surface area (Å²) < 4.78 is 18.0. The minimum Gasteiger partial charge on any atom is -0.472 e. The van der Waals surface area contributed by atoms with Crippen molar-refractivity contribution >= 4 is 5.84 Å². The summed E-state index contributed by atoms with van der Waals surface area (Å²) in [5, 5.41) is 11.9. The molecule has 0 bridgehead atoms. The van der Waals surface area contributed by atoms with Crippen molar-refractivity contribution < 1.29 is 14.2 Å². The Balaban J connectivity index is 1.81. The summed E-state index contributed by atoms with van der Waals surface area (Å²) in [5.74, 6) is 1.88. The molecule has 2 heterocycles. The van der Waals surface area contributed by atoms with Gasteiger partial charge in [0.2, 0.25) is 12.7 Å². The molecular formula is C14H16N4O3. The van der Waals surface area contributed by atoms with Crippen molar-refractivity contribution in [2.24, 2.45) is 12.8 Å². The zero-order chi connectivity index (χ0) is 15.0. The van der Waals surface area contributed by atoms with Crippen molar-refractivity contribution in [2.45, 2.75) is 13.5 Å². The molecule has 0 atom stereocenters. The van der Waals surface area contributed by atoms with Crippen molar-refractivity contribution in [2.75, 3.05) is 6.79 Å². The molecule has 1 aliphatic rings. The Morgan fingerprint density at radius 3 is 2.95 bits per heavy atom. The van der Waals surface area contributed by atoms with Gasteiger partial charge in [-0.2, -0.15) is 5.10 Å². The second-order valence-electron chi connectivity index (χ2n) is 4.78. The standard InChI is InChI=1S/C14H16N4O3/c1-8-12(13(15)16)14(18(2)17-8)19-6-9-3-4-10-11(5-9)21-7-20-10/h3-5H,6-7H2,1-2H3,(H3,15,16).